The van der Waals surface area contributed by atoms with Gasteiger partial charge in [-0.05, 0) is 46.9 Å². The third kappa shape index (κ3) is 5.62. The van der Waals surface area contributed by atoms with Crippen molar-refractivity contribution in [2.24, 2.45) is 0 Å². The molecular weight excluding hydrogens is 520 g/mol. The zero-order valence-electron chi connectivity index (χ0n) is 13.4. The Morgan fingerprint density at radius 2 is 1.93 bits per heavy atom. The molecule has 27 heavy (non-hydrogen) atoms. The molecular formula is C16H13Cl2F2IN2O4. The normalized spacial score (nSPS) is 12.0. The molecule has 1 amide bonds. The largest absolute Gasteiger partial charge is 0.394 e. The van der Waals surface area contributed by atoms with Crippen LogP contribution in [-0.2, 0) is 4.84 Å². The molecule has 0 aliphatic heterocycles. The minimum Gasteiger partial charge on any atom is -0.394 e. The van der Waals surface area contributed by atoms with E-state index in [1.54, 1.807) is 12.1 Å². The molecule has 0 radical (unpaired) electrons. The van der Waals surface area contributed by atoms with E-state index >= 15 is 0 Å². The van der Waals surface area contributed by atoms with Crippen molar-refractivity contribution >= 4 is 63.1 Å². The first kappa shape index (κ1) is 22.1. The Balaban J connectivity index is 2.34. The maximum absolute atomic E-state index is 14.4. The van der Waals surface area contributed by atoms with Gasteiger partial charge in [-0.3, -0.25) is 9.63 Å². The summed E-state index contributed by atoms with van der Waals surface area (Å²) in [5, 5.41) is 20.1. The number of carbonyl (C=O) groups is 1. The van der Waals surface area contributed by atoms with Gasteiger partial charge < -0.3 is 15.5 Å². The number of amides is 1. The van der Waals surface area contributed by atoms with E-state index < -0.39 is 47.6 Å². The van der Waals surface area contributed by atoms with Gasteiger partial charge in [-0.25, -0.2) is 14.3 Å². The summed E-state index contributed by atoms with van der Waals surface area (Å²) in [5.74, 6) is -3.67. The lowest BCUT2D eigenvalue weighted by molar-refractivity contribution is -0.0295. The molecule has 146 valence electrons. The second-order valence-corrected chi connectivity index (χ2v) is 7.30. The smallest absolute Gasteiger partial charge is 0.277 e. The lowest BCUT2D eigenvalue weighted by Gasteiger charge is -2.16. The fourth-order valence-corrected chi connectivity index (χ4v) is 3.03. The lowest BCUT2D eigenvalue weighted by Crippen LogP contribution is -2.30. The molecule has 0 saturated carbocycles. The number of anilines is 2. The second-order valence-electron chi connectivity index (χ2n) is 5.24. The van der Waals surface area contributed by atoms with Crippen LogP contribution in [0.25, 0.3) is 0 Å². The van der Waals surface area contributed by atoms with Crippen molar-refractivity contribution in [3.05, 3.63) is 55.1 Å². The summed E-state index contributed by atoms with van der Waals surface area (Å²) in [7, 11) is 0. The van der Waals surface area contributed by atoms with E-state index in [0.29, 0.717) is 0 Å². The standard InChI is InChI=1S/C16H13Cl2F2IN2O4/c17-10-3-7(21)1-2-12(10)22-15-9(4-11(18)13(19)14(15)20)16(26)23-27-6-8(25)5-24/h1-4,8,22,24-25H,5-6H2,(H,23,26)/t8-/m0/s1. The average Bonchev–Trinajstić information content (AvgIpc) is 2.63. The number of hydroxylamine groups is 1. The summed E-state index contributed by atoms with van der Waals surface area (Å²) in [6.45, 7) is -0.990. The van der Waals surface area contributed by atoms with Crippen molar-refractivity contribution in [3.63, 3.8) is 0 Å². The maximum atomic E-state index is 14.4. The number of halogens is 5. The summed E-state index contributed by atoms with van der Waals surface area (Å²) >= 11 is 13.7. The minimum absolute atomic E-state index is 0.227. The number of nitrogens with one attached hydrogen (secondary N) is 2. The van der Waals surface area contributed by atoms with Gasteiger partial charge in [0.2, 0.25) is 0 Å². The molecule has 0 unspecified atom stereocenters. The van der Waals surface area contributed by atoms with Crippen molar-refractivity contribution in [2.45, 2.75) is 6.10 Å². The van der Waals surface area contributed by atoms with Crippen LogP contribution in [0.1, 0.15) is 10.4 Å². The Morgan fingerprint density at radius 1 is 1.22 bits per heavy atom. The van der Waals surface area contributed by atoms with E-state index in [1.165, 1.54) is 6.07 Å². The highest BCUT2D eigenvalue weighted by Gasteiger charge is 2.23. The average molecular weight is 533 g/mol. The summed E-state index contributed by atoms with van der Waals surface area (Å²) in [6, 6.07) is 5.72. The highest BCUT2D eigenvalue weighted by molar-refractivity contribution is 14.1. The van der Waals surface area contributed by atoms with Gasteiger partial charge in [0.15, 0.2) is 11.6 Å². The Hall–Kier alpha value is -1.24. The van der Waals surface area contributed by atoms with Crippen LogP contribution in [0.4, 0.5) is 20.2 Å². The number of aliphatic hydroxyl groups is 2. The van der Waals surface area contributed by atoms with Crippen LogP contribution in [0.5, 0.6) is 0 Å². The summed E-state index contributed by atoms with van der Waals surface area (Å²) in [6.07, 6.45) is -1.22. The van der Waals surface area contributed by atoms with Crippen LogP contribution in [0.15, 0.2) is 24.3 Å². The Bertz CT molecular complexity index is 858. The Labute approximate surface area is 176 Å². The van der Waals surface area contributed by atoms with Crippen LogP contribution >= 0.6 is 45.8 Å². The lowest BCUT2D eigenvalue weighted by atomic mass is 10.1. The highest BCUT2D eigenvalue weighted by Crippen LogP contribution is 2.33. The van der Waals surface area contributed by atoms with E-state index in [-0.39, 0.29) is 16.3 Å². The molecule has 1 atom stereocenters. The van der Waals surface area contributed by atoms with Gasteiger partial charge in [0.05, 0.1) is 33.6 Å². The third-order valence-electron chi connectivity index (χ3n) is 3.25. The van der Waals surface area contributed by atoms with E-state index in [4.69, 9.17) is 33.1 Å². The van der Waals surface area contributed by atoms with Gasteiger partial charge >= 0.3 is 0 Å². The molecule has 0 fully saturated rings. The molecule has 2 aromatic rings. The minimum atomic E-state index is -1.38. The molecule has 0 aliphatic carbocycles. The number of aliphatic hydroxyl groups excluding tert-OH is 2. The fourth-order valence-electron chi connectivity index (χ4n) is 1.93. The zero-order valence-corrected chi connectivity index (χ0v) is 17.1. The predicted octanol–water partition coefficient (Wildman–Crippen LogP) is 3.63. The summed E-state index contributed by atoms with van der Waals surface area (Å²) < 4.78 is 29.1. The summed E-state index contributed by atoms with van der Waals surface area (Å²) in [5.41, 5.74) is 1.34. The van der Waals surface area contributed by atoms with Crippen molar-refractivity contribution in [2.75, 3.05) is 18.5 Å². The van der Waals surface area contributed by atoms with Gasteiger partial charge in [0, 0.05) is 3.57 Å². The van der Waals surface area contributed by atoms with Gasteiger partial charge in [0.25, 0.3) is 5.91 Å². The van der Waals surface area contributed by atoms with Crippen molar-refractivity contribution < 1.29 is 28.6 Å². The highest BCUT2D eigenvalue weighted by atomic mass is 127. The van der Waals surface area contributed by atoms with Crippen LogP contribution in [0.3, 0.4) is 0 Å². The third-order valence-corrected chi connectivity index (χ3v) is 4.51. The fraction of sp³-hybridized carbons (Fsp3) is 0.188. The van der Waals surface area contributed by atoms with E-state index in [9.17, 15) is 18.7 Å². The first-order chi connectivity index (χ1) is 12.7. The maximum Gasteiger partial charge on any atom is 0.277 e. The van der Waals surface area contributed by atoms with Crippen LogP contribution < -0.4 is 10.8 Å². The first-order valence-electron chi connectivity index (χ1n) is 7.35. The monoisotopic (exact) mass is 532 g/mol. The molecule has 0 saturated heterocycles. The number of benzene rings is 2. The predicted molar refractivity (Wildman–Crippen MR) is 105 cm³/mol. The molecule has 6 nitrogen and oxygen atoms in total. The van der Waals surface area contributed by atoms with Gasteiger partial charge in [-0.2, -0.15) is 0 Å². The van der Waals surface area contributed by atoms with E-state index in [2.05, 4.69) is 5.32 Å². The number of carbonyl (C=O) groups excluding carboxylic acids is 1. The van der Waals surface area contributed by atoms with Crippen LogP contribution in [0, 0.1) is 15.2 Å². The Kier molecular flexibility index (Phi) is 8.01. The molecule has 0 aliphatic rings. The first-order valence-corrected chi connectivity index (χ1v) is 9.18. The molecule has 2 aromatic carbocycles. The van der Waals surface area contributed by atoms with E-state index in [1.807, 2.05) is 28.1 Å². The van der Waals surface area contributed by atoms with Crippen molar-refractivity contribution in [1.82, 2.24) is 5.48 Å². The second kappa shape index (κ2) is 9.80. The van der Waals surface area contributed by atoms with Crippen molar-refractivity contribution in [3.8, 4) is 0 Å². The summed E-state index contributed by atoms with van der Waals surface area (Å²) in [4.78, 5) is 17.0. The van der Waals surface area contributed by atoms with E-state index in [0.717, 1.165) is 9.64 Å². The zero-order chi connectivity index (χ0) is 20.1. The molecule has 0 aromatic heterocycles. The van der Waals surface area contributed by atoms with Crippen LogP contribution in [-0.4, -0.2) is 35.4 Å². The molecule has 11 heteroatoms. The van der Waals surface area contributed by atoms with Crippen LogP contribution in [0.2, 0.25) is 10.0 Å². The van der Waals surface area contributed by atoms with Crippen molar-refractivity contribution in [1.29, 1.82) is 0 Å². The van der Waals surface area contributed by atoms with Gasteiger partial charge in [-0.15, -0.1) is 0 Å². The molecule has 0 bridgehead atoms. The molecule has 0 heterocycles. The number of hydrogen-bond acceptors (Lipinski definition) is 5. The quantitative estimate of drug-likeness (QED) is 0.248. The molecule has 4 N–H and O–H groups in total. The van der Waals surface area contributed by atoms with Gasteiger partial charge in [0.1, 0.15) is 12.7 Å². The molecule has 2 rings (SSSR count). The molecule has 0 spiro atoms. The topological polar surface area (TPSA) is 90.8 Å². The SMILES string of the molecule is O=C(NOC[C@@H](O)CO)c1cc(Cl)c(F)c(F)c1Nc1ccc(I)cc1Cl. The van der Waals surface area contributed by atoms with Gasteiger partial charge in [-0.1, -0.05) is 23.2 Å². The number of rotatable bonds is 7. The number of hydrogen-bond donors (Lipinski definition) is 4. The Morgan fingerprint density at radius 3 is 2.56 bits per heavy atom.